The number of halogens is 6. The first kappa shape index (κ1) is 25.3. The van der Waals surface area contributed by atoms with Gasteiger partial charge in [0.2, 0.25) is 10.0 Å². The zero-order valence-electron chi connectivity index (χ0n) is 17.1. The van der Waals surface area contributed by atoms with Gasteiger partial charge in [-0.2, -0.15) is 5.10 Å². The van der Waals surface area contributed by atoms with E-state index in [2.05, 4.69) is 25.8 Å². The Balaban J connectivity index is 1.63. The number of sulfonamides is 1. The second kappa shape index (κ2) is 10.1. The molecule has 0 bridgehead atoms. The highest BCUT2D eigenvalue weighted by molar-refractivity contribution is 9.10. The highest BCUT2D eigenvalue weighted by atomic mass is 79.9. The smallest absolute Gasteiger partial charge is 0.243 e. The third-order valence-electron chi connectivity index (χ3n) is 5.12. The molecule has 0 amide bonds. The largest absolute Gasteiger partial charge is 0.256 e. The van der Waals surface area contributed by atoms with Crippen LogP contribution in [-0.2, 0) is 10.0 Å². The lowest BCUT2D eigenvalue weighted by Crippen LogP contribution is -2.30. The fourth-order valence-electron chi connectivity index (χ4n) is 3.48. The maximum atomic E-state index is 14.2. The van der Waals surface area contributed by atoms with Crippen molar-refractivity contribution in [2.75, 3.05) is 11.6 Å². The van der Waals surface area contributed by atoms with Crippen LogP contribution in [0.2, 0.25) is 15.1 Å². The Labute approximate surface area is 218 Å². The lowest BCUT2D eigenvalue weighted by molar-refractivity contribution is 0.545. The van der Waals surface area contributed by atoms with Crippen molar-refractivity contribution in [3.63, 3.8) is 0 Å². The van der Waals surface area contributed by atoms with E-state index >= 15 is 0 Å². The highest BCUT2D eigenvalue weighted by Crippen LogP contribution is 2.39. The molecule has 0 saturated heterocycles. The molecule has 4 rings (SSSR count). The summed E-state index contributed by atoms with van der Waals surface area (Å²) < 4.78 is 55.5. The molecule has 1 aliphatic heterocycles. The molecule has 1 N–H and O–H groups in total. The first-order valence-electron chi connectivity index (χ1n) is 9.75. The Morgan fingerprint density at radius 3 is 2.35 bits per heavy atom. The summed E-state index contributed by atoms with van der Waals surface area (Å²) in [7, 11) is -4.35. The van der Waals surface area contributed by atoms with Gasteiger partial charge in [0, 0.05) is 16.5 Å². The van der Waals surface area contributed by atoms with E-state index in [4.69, 9.17) is 34.8 Å². The van der Waals surface area contributed by atoms with Crippen LogP contribution in [0, 0.1) is 11.6 Å². The Hall–Kier alpha value is -1.75. The summed E-state index contributed by atoms with van der Waals surface area (Å²) in [4.78, 5) is -0.793. The molecular weight excluding hydrogens is 595 g/mol. The maximum Gasteiger partial charge on any atom is 0.243 e. The zero-order chi connectivity index (χ0) is 24.6. The molecule has 178 valence electrons. The van der Waals surface area contributed by atoms with E-state index in [0.717, 1.165) is 11.6 Å². The standard InChI is InChI=1S/C22H15BrCl3F2N3O2S/c23-16-9-19(28)22(10-18(16)27)34(32,33)29-11-15-8-21(12-1-3-13(24)4-2-12)31(30-15)20-6-5-14(25)7-17(20)26/h1-7,9-10,21,29H,8,11H2. The van der Waals surface area contributed by atoms with Gasteiger partial charge in [-0.05, 0) is 64.0 Å². The van der Waals surface area contributed by atoms with Gasteiger partial charge in [0.15, 0.2) is 0 Å². The van der Waals surface area contributed by atoms with E-state index in [1.807, 2.05) is 12.1 Å². The first-order valence-corrected chi connectivity index (χ1v) is 13.2. The molecular formula is C22H15BrCl3F2N3O2S. The molecule has 5 nitrogen and oxygen atoms in total. The van der Waals surface area contributed by atoms with Crippen LogP contribution in [-0.4, -0.2) is 20.7 Å². The van der Waals surface area contributed by atoms with Gasteiger partial charge in [0.05, 0.1) is 33.5 Å². The summed E-state index contributed by atoms with van der Waals surface area (Å²) in [5.74, 6) is -1.98. The molecule has 3 aromatic rings. The molecule has 0 radical (unpaired) electrons. The molecule has 1 aliphatic rings. The number of hydrogen-bond acceptors (Lipinski definition) is 4. The van der Waals surface area contributed by atoms with Crippen LogP contribution in [0.3, 0.4) is 0 Å². The van der Waals surface area contributed by atoms with Crippen molar-refractivity contribution in [2.45, 2.75) is 17.4 Å². The minimum Gasteiger partial charge on any atom is -0.256 e. The Morgan fingerprint density at radius 1 is 1.00 bits per heavy atom. The van der Waals surface area contributed by atoms with Gasteiger partial charge >= 0.3 is 0 Å². The van der Waals surface area contributed by atoms with Crippen LogP contribution in [0.4, 0.5) is 14.5 Å². The van der Waals surface area contributed by atoms with Gasteiger partial charge in [-0.25, -0.2) is 21.9 Å². The lowest BCUT2D eigenvalue weighted by atomic mass is 10.0. The molecule has 0 fully saturated rings. The molecule has 3 aromatic carbocycles. The quantitative estimate of drug-likeness (QED) is 0.307. The van der Waals surface area contributed by atoms with Crippen LogP contribution < -0.4 is 9.73 Å². The van der Waals surface area contributed by atoms with E-state index in [1.54, 1.807) is 35.3 Å². The maximum absolute atomic E-state index is 14.2. The van der Waals surface area contributed by atoms with Crippen LogP contribution in [0.15, 0.2) is 69.1 Å². The Morgan fingerprint density at radius 2 is 1.68 bits per heavy atom. The normalized spacial score (nSPS) is 16.1. The molecule has 12 heteroatoms. The van der Waals surface area contributed by atoms with Crippen molar-refractivity contribution in [1.29, 1.82) is 0 Å². The fraction of sp³-hybridized carbons (Fsp3) is 0.136. The zero-order valence-corrected chi connectivity index (χ0v) is 21.7. The van der Waals surface area contributed by atoms with Gasteiger partial charge in [0.25, 0.3) is 0 Å². The van der Waals surface area contributed by atoms with E-state index in [0.29, 0.717) is 39.0 Å². The van der Waals surface area contributed by atoms with E-state index in [9.17, 15) is 17.2 Å². The van der Waals surface area contributed by atoms with Gasteiger partial charge in [0.1, 0.15) is 16.5 Å². The molecule has 0 aliphatic carbocycles. The minimum atomic E-state index is -4.35. The summed E-state index contributed by atoms with van der Waals surface area (Å²) in [6.07, 6.45) is 0.348. The van der Waals surface area contributed by atoms with Crippen molar-refractivity contribution in [3.8, 4) is 0 Å². The summed E-state index contributed by atoms with van der Waals surface area (Å²) in [5.41, 5.74) is 1.91. The molecule has 0 spiro atoms. The van der Waals surface area contributed by atoms with Crippen molar-refractivity contribution < 1.29 is 17.2 Å². The van der Waals surface area contributed by atoms with Gasteiger partial charge in [-0.15, -0.1) is 0 Å². The van der Waals surface area contributed by atoms with Crippen molar-refractivity contribution in [1.82, 2.24) is 4.72 Å². The Bertz CT molecular complexity index is 1390. The van der Waals surface area contributed by atoms with Crippen molar-refractivity contribution >= 4 is 72.2 Å². The van der Waals surface area contributed by atoms with Crippen LogP contribution >= 0.6 is 50.7 Å². The predicted octanol–water partition coefficient (Wildman–Crippen LogP) is 6.97. The van der Waals surface area contributed by atoms with Crippen LogP contribution in [0.1, 0.15) is 18.0 Å². The van der Waals surface area contributed by atoms with E-state index in [-0.39, 0.29) is 17.1 Å². The van der Waals surface area contributed by atoms with Crippen molar-refractivity contribution in [3.05, 3.63) is 91.3 Å². The molecule has 0 saturated carbocycles. The number of benzene rings is 3. The Kier molecular flexibility index (Phi) is 7.52. The third kappa shape index (κ3) is 5.40. The van der Waals surface area contributed by atoms with Gasteiger partial charge in [-0.3, -0.25) is 5.01 Å². The number of hydrazone groups is 1. The molecule has 34 heavy (non-hydrogen) atoms. The molecule has 1 heterocycles. The fourth-order valence-corrected chi connectivity index (χ4v) is 5.50. The topological polar surface area (TPSA) is 61.8 Å². The number of nitrogens with one attached hydrogen (secondary N) is 1. The second-order valence-electron chi connectivity index (χ2n) is 7.40. The average molecular weight is 610 g/mol. The highest BCUT2D eigenvalue weighted by Gasteiger charge is 2.31. The molecule has 1 unspecified atom stereocenters. The second-order valence-corrected chi connectivity index (χ2v) is 11.3. The summed E-state index contributed by atoms with van der Waals surface area (Å²) in [6, 6.07) is 13.2. The molecule has 0 aromatic heterocycles. The number of hydrogen-bond donors (Lipinski definition) is 1. The van der Waals surface area contributed by atoms with Crippen LogP contribution in [0.5, 0.6) is 0 Å². The average Bonchev–Trinajstić information content (AvgIpc) is 3.19. The van der Waals surface area contributed by atoms with E-state index in [1.165, 1.54) is 0 Å². The number of anilines is 1. The number of nitrogens with zero attached hydrogens (tertiary/aromatic N) is 2. The summed E-state index contributed by atoms with van der Waals surface area (Å²) in [5, 5.41) is 7.62. The SMILES string of the molecule is O=S(=O)(NCC1=NN(c2ccc(Cl)cc2Cl)C(c2ccc(Cl)cc2)C1)c1cc(F)c(Br)cc1F. The number of rotatable bonds is 6. The predicted molar refractivity (Wildman–Crippen MR) is 134 cm³/mol. The van der Waals surface area contributed by atoms with Gasteiger partial charge in [-0.1, -0.05) is 46.9 Å². The summed E-state index contributed by atoms with van der Waals surface area (Å²) in [6.45, 7) is -0.217. The van der Waals surface area contributed by atoms with E-state index < -0.39 is 26.6 Å². The third-order valence-corrected chi connectivity index (χ3v) is 7.93. The minimum absolute atomic E-state index is 0.176. The van der Waals surface area contributed by atoms with Crippen LogP contribution in [0.25, 0.3) is 0 Å². The van der Waals surface area contributed by atoms with Crippen molar-refractivity contribution in [2.24, 2.45) is 5.10 Å². The van der Waals surface area contributed by atoms with Gasteiger partial charge < -0.3 is 0 Å². The monoisotopic (exact) mass is 607 g/mol. The molecule has 1 atom stereocenters. The summed E-state index contributed by atoms with van der Waals surface area (Å²) >= 11 is 21.3. The lowest BCUT2D eigenvalue weighted by Gasteiger charge is -2.25. The first-order chi connectivity index (χ1) is 16.0.